The Morgan fingerprint density at radius 1 is 0.903 bits per heavy atom. The fourth-order valence-corrected chi connectivity index (χ4v) is 3.83. The number of pyridine rings is 1. The van der Waals surface area contributed by atoms with E-state index in [2.05, 4.69) is 32.1 Å². The van der Waals surface area contributed by atoms with Crippen LogP contribution in [0.3, 0.4) is 0 Å². The molecule has 0 atom stereocenters. The number of para-hydroxylation sites is 1. The highest BCUT2D eigenvalue weighted by Gasteiger charge is 2.18. The fraction of sp³-hybridized carbons (Fsp3) is 0.208. The van der Waals surface area contributed by atoms with E-state index in [4.69, 9.17) is 4.98 Å². The lowest BCUT2D eigenvalue weighted by molar-refractivity contribution is 0.311. The van der Waals surface area contributed by atoms with E-state index < -0.39 is 0 Å². The molecular weight excluding hydrogens is 391 g/mol. The molecule has 1 saturated heterocycles. The Bertz CT molecular complexity index is 1210. The van der Waals surface area contributed by atoms with Crippen molar-refractivity contribution in [3.8, 4) is 11.4 Å². The average molecular weight is 414 g/mol. The lowest BCUT2D eigenvalue weighted by Crippen LogP contribution is -2.44. The minimum absolute atomic E-state index is 0.234. The molecule has 0 bridgehead atoms. The number of benzene rings is 2. The average Bonchev–Trinajstić information content (AvgIpc) is 2.80. The van der Waals surface area contributed by atoms with Crippen LogP contribution in [0.5, 0.6) is 0 Å². The molecule has 0 saturated carbocycles. The molecule has 0 aliphatic carbocycles. The van der Waals surface area contributed by atoms with E-state index in [1.807, 2.05) is 48.5 Å². The number of rotatable bonds is 4. The highest BCUT2D eigenvalue weighted by molar-refractivity contribution is 5.92. The SMILES string of the molecule is CN1CCN(c2ccc(Nc3nc(-c4ccncc4)nc4ccccc34)cc2F)CC1. The molecule has 0 unspecified atom stereocenters. The van der Waals surface area contributed by atoms with Gasteiger partial charge in [0.1, 0.15) is 11.6 Å². The lowest BCUT2D eigenvalue weighted by Gasteiger charge is -2.34. The van der Waals surface area contributed by atoms with Crippen LogP contribution in [0.25, 0.3) is 22.3 Å². The minimum atomic E-state index is -0.234. The first-order valence-corrected chi connectivity index (χ1v) is 10.3. The van der Waals surface area contributed by atoms with Crippen molar-refractivity contribution in [3.05, 3.63) is 72.8 Å². The highest BCUT2D eigenvalue weighted by atomic mass is 19.1. The third-order valence-corrected chi connectivity index (χ3v) is 5.60. The summed E-state index contributed by atoms with van der Waals surface area (Å²) >= 11 is 0. The van der Waals surface area contributed by atoms with Gasteiger partial charge in [0.2, 0.25) is 0 Å². The number of fused-ring (bicyclic) bond motifs is 1. The van der Waals surface area contributed by atoms with Gasteiger partial charge in [-0.15, -0.1) is 0 Å². The summed E-state index contributed by atoms with van der Waals surface area (Å²) in [6.07, 6.45) is 3.43. The molecule has 0 amide bonds. The predicted molar refractivity (Wildman–Crippen MR) is 122 cm³/mol. The Labute approximate surface area is 180 Å². The molecule has 2 aromatic heterocycles. The summed E-state index contributed by atoms with van der Waals surface area (Å²) < 4.78 is 15.0. The Hall–Kier alpha value is -3.58. The first-order valence-electron chi connectivity index (χ1n) is 10.3. The van der Waals surface area contributed by atoms with Crippen LogP contribution in [0.1, 0.15) is 0 Å². The number of likely N-dealkylation sites (N-methyl/N-ethyl adjacent to an activating group) is 1. The van der Waals surface area contributed by atoms with Crippen LogP contribution in [0.2, 0.25) is 0 Å². The first kappa shape index (κ1) is 19.4. The number of hydrogen-bond acceptors (Lipinski definition) is 6. The molecule has 2 aromatic carbocycles. The second kappa shape index (κ2) is 8.28. The summed E-state index contributed by atoms with van der Waals surface area (Å²) in [6.45, 7) is 3.52. The number of nitrogens with one attached hydrogen (secondary N) is 1. The monoisotopic (exact) mass is 414 g/mol. The van der Waals surface area contributed by atoms with Crippen molar-refractivity contribution in [2.75, 3.05) is 43.4 Å². The van der Waals surface area contributed by atoms with Crippen LogP contribution in [0, 0.1) is 5.82 Å². The molecular formula is C24H23FN6. The van der Waals surface area contributed by atoms with Crippen molar-refractivity contribution < 1.29 is 4.39 Å². The van der Waals surface area contributed by atoms with Gasteiger partial charge in [-0.2, -0.15) is 0 Å². The van der Waals surface area contributed by atoms with Gasteiger partial charge in [-0.1, -0.05) is 12.1 Å². The van der Waals surface area contributed by atoms with E-state index in [1.54, 1.807) is 12.4 Å². The zero-order chi connectivity index (χ0) is 21.2. The maximum absolute atomic E-state index is 15.0. The van der Waals surface area contributed by atoms with Crippen LogP contribution in [-0.2, 0) is 0 Å². The van der Waals surface area contributed by atoms with Gasteiger partial charge in [-0.3, -0.25) is 4.98 Å². The van der Waals surface area contributed by atoms with E-state index in [-0.39, 0.29) is 5.82 Å². The van der Waals surface area contributed by atoms with Crippen LogP contribution in [0.4, 0.5) is 21.6 Å². The second-order valence-corrected chi connectivity index (χ2v) is 7.73. The van der Waals surface area contributed by atoms with Gasteiger partial charge in [0.15, 0.2) is 5.82 Å². The minimum Gasteiger partial charge on any atom is -0.367 e. The quantitative estimate of drug-likeness (QED) is 0.537. The van der Waals surface area contributed by atoms with E-state index in [0.29, 0.717) is 23.0 Å². The van der Waals surface area contributed by atoms with E-state index in [9.17, 15) is 4.39 Å². The molecule has 31 heavy (non-hydrogen) atoms. The molecule has 0 radical (unpaired) electrons. The molecule has 5 rings (SSSR count). The van der Waals surface area contributed by atoms with E-state index >= 15 is 0 Å². The first-order chi connectivity index (χ1) is 15.2. The van der Waals surface area contributed by atoms with Gasteiger partial charge in [-0.05, 0) is 49.5 Å². The van der Waals surface area contributed by atoms with Gasteiger partial charge in [0.25, 0.3) is 0 Å². The molecule has 1 fully saturated rings. The number of hydrogen-bond donors (Lipinski definition) is 1. The third kappa shape index (κ3) is 4.04. The number of piperazine rings is 1. The number of aromatic nitrogens is 3. The van der Waals surface area contributed by atoms with Gasteiger partial charge in [0, 0.05) is 55.2 Å². The van der Waals surface area contributed by atoms with Gasteiger partial charge in [-0.25, -0.2) is 14.4 Å². The summed E-state index contributed by atoms with van der Waals surface area (Å²) in [5.41, 5.74) is 2.99. The topological polar surface area (TPSA) is 57.2 Å². The number of nitrogens with zero attached hydrogens (tertiary/aromatic N) is 5. The normalized spacial score (nSPS) is 14.7. The molecule has 4 aromatic rings. The van der Waals surface area contributed by atoms with Crippen LogP contribution in [-0.4, -0.2) is 53.1 Å². The molecule has 3 heterocycles. The van der Waals surface area contributed by atoms with Crippen LogP contribution >= 0.6 is 0 Å². The van der Waals surface area contributed by atoms with Gasteiger partial charge in [0.05, 0.1) is 11.2 Å². The molecule has 1 N–H and O–H groups in total. The van der Waals surface area contributed by atoms with Crippen molar-refractivity contribution in [1.82, 2.24) is 19.9 Å². The lowest BCUT2D eigenvalue weighted by atomic mass is 10.2. The molecule has 1 aliphatic rings. The summed E-state index contributed by atoms with van der Waals surface area (Å²) in [5, 5.41) is 4.18. The summed E-state index contributed by atoms with van der Waals surface area (Å²) in [6, 6.07) is 16.8. The zero-order valence-corrected chi connectivity index (χ0v) is 17.3. The zero-order valence-electron chi connectivity index (χ0n) is 17.3. The summed E-state index contributed by atoms with van der Waals surface area (Å²) in [4.78, 5) is 17.8. The maximum Gasteiger partial charge on any atom is 0.162 e. The Kier molecular flexibility index (Phi) is 5.18. The van der Waals surface area contributed by atoms with Crippen molar-refractivity contribution in [1.29, 1.82) is 0 Å². The van der Waals surface area contributed by atoms with E-state index in [0.717, 1.165) is 42.6 Å². The van der Waals surface area contributed by atoms with E-state index in [1.165, 1.54) is 6.07 Å². The molecule has 6 nitrogen and oxygen atoms in total. The second-order valence-electron chi connectivity index (χ2n) is 7.73. The Balaban J connectivity index is 1.48. The van der Waals surface area contributed by atoms with Crippen LogP contribution < -0.4 is 10.2 Å². The predicted octanol–water partition coefficient (Wildman–Crippen LogP) is 4.33. The fourth-order valence-electron chi connectivity index (χ4n) is 3.83. The Morgan fingerprint density at radius 3 is 2.45 bits per heavy atom. The van der Waals surface area contributed by atoms with Crippen LogP contribution in [0.15, 0.2) is 67.0 Å². The largest absolute Gasteiger partial charge is 0.367 e. The standard InChI is InChI=1S/C24H23FN6/c1-30-12-14-31(15-13-30)22-7-6-18(16-20(22)25)27-24-19-4-2-3-5-21(19)28-23(29-24)17-8-10-26-11-9-17/h2-11,16H,12-15H2,1H3,(H,27,28,29). The van der Waals surface area contributed by atoms with Crippen molar-refractivity contribution in [2.45, 2.75) is 0 Å². The van der Waals surface area contributed by atoms with Crippen molar-refractivity contribution in [3.63, 3.8) is 0 Å². The highest BCUT2D eigenvalue weighted by Crippen LogP contribution is 2.29. The molecule has 1 aliphatic heterocycles. The maximum atomic E-state index is 15.0. The third-order valence-electron chi connectivity index (χ3n) is 5.60. The summed E-state index contributed by atoms with van der Waals surface area (Å²) in [5.74, 6) is 1.00. The molecule has 0 spiro atoms. The number of halogens is 1. The smallest absolute Gasteiger partial charge is 0.162 e. The molecule has 7 heteroatoms. The van der Waals surface area contributed by atoms with Crippen molar-refractivity contribution in [2.24, 2.45) is 0 Å². The van der Waals surface area contributed by atoms with Crippen molar-refractivity contribution >= 4 is 28.1 Å². The van der Waals surface area contributed by atoms with Gasteiger partial charge < -0.3 is 15.1 Å². The number of anilines is 3. The summed E-state index contributed by atoms with van der Waals surface area (Å²) in [7, 11) is 2.09. The Morgan fingerprint density at radius 2 is 1.68 bits per heavy atom. The molecule has 156 valence electrons. The van der Waals surface area contributed by atoms with Gasteiger partial charge >= 0.3 is 0 Å².